The largest absolute Gasteiger partial charge is 0.459 e. The van der Waals surface area contributed by atoms with E-state index in [1.807, 2.05) is 44.2 Å². The second kappa shape index (κ2) is 5.08. The summed E-state index contributed by atoms with van der Waals surface area (Å²) in [6.07, 6.45) is 0.0570. The van der Waals surface area contributed by atoms with E-state index < -0.39 is 11.8 Å². The average molecular weight is 249 g/mol. The van der Waals surface area contributed by atoms with Gasteiger partial charge in [0.1, 0.15) is 6.61 Å². The lowest BCUT2D eigenvalue weighted by Crippen LogP contribution is -2.32. The van der Waals surface area contributed by atoms with Crippen molar-refractivity contribution in [2.24, 2.45) is 11.7 Å². The minimum atomic E-state index is -0.818. The van der Waals surface area contributed by atoms with Gasteiger partial charge in [-0.3, -0.25) is 0 Å². The van der Waals surface area contributed by atoms with E-state index in [-0.39, 0.29) is 12.6 Å². The first-order valence-corrected chi connectivity index (χ1v) is 6.18. The summed E-state index contributed by atoms with van der Waals surface area (Å²) in [7, 11) is 0. The molecule has 1 fully saturated rings. The van der Waals surface area contributed by atoms with Crippen molar-refractivity contribution >= 4 is 5.97 Å². The highest BCUT2D eigenvalue weighted by molar-refractivity contribution is 5.79. The first-order chi connectivity index (χ1) is 8.51. The number of benzene rings is 1. The van der Waals surface area contributed by atoms with E-state index in [9.17, 15) is 4.79 Å². The zero-order valence-electron chi connectivity index (χ0n) is 10.8. The third kappa shape index (κ3) is 3.09. The lowest BCUT2D eigenvalue weighted by molar-refractivity contribution is -0.146. The molecule has 0 bridgehead atoms. The maximum absolute atomic E-state index is 11.7. The molecule has 1 aliphatic heterocycles. The van der Waals surface area contributed by atoms with E-state index in [1.54, 1.807) is 0 Å². The van der Waals surface area contributed by atoms with E-state index in [0.29, 0.717) is 12.3 Å². The topological polar surface area (TPSA) is 64.8 Å². The van der Waals surface area contributed by atoms with Crippen LogP contribution in [0.3, 0.4) is 0 Å². The second-order valence-corrected chi connectivity index (χ2v) is 5.14. The van der Waals surface area contributed by atoms with Gasteiger partial charge in [-0.1, -0.05) is 44.2 Å². The lowest BCUT2D eigenvalue weighted by atomic mass is 10.0. The summed E-state index contributed by atoms with van der Waals surface area (Å²) in [5.41, 5.74) is 6.08. The van der Waals surface area contributed by atoms with Crippen molar-refractivity contribution in [2.45, 2.75) is 38.7 Å². The Kier molecular flexibility index (Phi) is 3.68. The molecule has 4 heteroatoms. The quantitative estimate of drug-likeness (QED) is 0.638. The fourth-order valence-corrected chi connectivity index (χ4v) is 2.03. The summed E-state index contributed by atoms with van der Waals surface area (Å²) in [6.45, 7) is 4.35. The molecule has 1 aromatic carbocycles. The molecule has 2 rings (SSSR count). The molecule has 1 aliphatic rings. The molecule has 1 unspecified atom stereocenters. The van der Waals surface area contributed by atoms with Crippen LogP contribution in [0.1, 0.15) is 25.8 Å². The van der Waals surface area contributed by atoms with E-state index >= 15 is 0 Å². The Morgan fingerprint density at radius 3 is 2.72 bits per heavy atom. The van der Waals surface area contributed by atoms with Gasteiger partial charge in [-0.15, -0.1) is 0 Å². The fourth-order valence-electron chi connectivity index (χ4n) is 2.03. The summed E-state index contributed by atoms with van der Waals surface area (Å²) in [5, 5.41) is 0. The van der Waals surface area contributed by atoms with E-state index in [1.165, 1.54) is 0 Å². The average Bonchev–Trinajstić information content (AvgIpc) is 2.98. The van der Waals surface area contributed by atoms with Crippen LogP contribution in [0.5, 0.6) is 0 Å². The fraction of sp³-hybridized carbons (Fsp3) is 0.500. The number of hydrogen-bond acceptors (Lipinski definition) is 4. The van der Waals surface area contributed by atoms with Gasteiger partial charge in [0.2, 0.25) is 0 Å². The molecule has 0 amide bonds. The number of epoxide rings is 1. The smallest absolute Gasteiger partial charge is 0.340 e. The Bertz CT molecular complexity index is 418. The van der Waals surface area contributed by atoms with Gasteiger partial charge >= 0.3 is 5.97 Å². The van der Waals surface area contributed by atoms with Gasteiger partial charge < -0.3 is 15.2 Å². The first-order valence-electron chi connectivity index (χ1n) is 6.18. The molecule has 0 aromatic heterocycles. The van der Waals surface area contributed by atoms with Crippen LogP contribution in [0.4, 0.5) is 0 Å². The number of carbonyl (C=O) groups is 1. The van der Waals surface area contributed by atoms with Crippen molar-refractivity contribution in [2.75, 3.05) is 0 Å². The van der Waals surface area contributed by atoms with Gasteiger partial charge in [-0.2, -0.15) is 0 Å². The molecule has 0 aliphatic carbocycles. The van der Waals surface area contributed by atoms with Gasteiger partial charge in [0.05, 0.1) is 0 Å². The normalized spacial score (nSPS) is 26.1. The Balaban J connectivity index is 1.81. The summed E-state index contributed by atoms with van der Waals surface area (Å²) in [4.78, 5) is 11.7. The molecule has 0 spiro atoms. The number of rotatable bonds is 5. The third-order valence-corrected chi connectivity index (χ3v) is 2.89. The van der Waals surface area contributed by atoms with E-state index in [2.05, 4.69) is 0 Å². The predicted octanol–water partition coefficient (Wildman–Crippen LogP) is 1.83. The lowest BCUT2D eigenvalue weighted by Gasteiger charge is -2.09. The molecule has 2 N–H and O–H groups in total. The summed E-state index contributed by atoms with van der Waals surface area (Å²) in [6, 6.07) is 9.55. The van der Waals surface area contributed by atoms with Gasteiger partial charge in [-0.05, 0) is 17.9 Å². The minimum absolute atomic E-state index is 0.261. The van der Waals surface area contributed by atoms with Crippen LogP contribution >= 0.6 is 0 Å². The predicted molar refractivity (Wildman–Crippen MR) is 67.5 cm³/mol. The molecule has 98 valence electrons. The molecule has 1 heterocycles. The van der Waals surface area contributed by atoms with Crippen LogP contribution in [0.2, 0.25) is 0 Å². The molecule has 1 aromatic rings. The zero-order chi connectivity index (χ0) is 13.2. The molecule has 18 heavy (non-hydrogen) atoms. The third-order valence-electron chi connectivity index (χ3n) is 2.89. The molecular formula is C14H19NO3. The second-order valence-electron chi connectivity index (χ2n) is 5.14. The van der Waals surface area contributed by atoms with Crippen molar-refractivity contribution in [3.05, 3.63) is 35.9 Å². The van der Waals surface area contributed by atoms with E-state index in [0.717, 1.165) is 5.56 Å². The Morgan fingerprint density at radius 1 is 1.44 bits per heavy atom. The van der Waals surface area contributed by atoms with E-state index in [4.69, 9.17) is 15.2 Å². The standard InChI is InChI=1S/C14H19NO3/c1-10(2)8-14(15)12(18-14)13(16)17-9-11-6-4-3-5-7-11/h3-7,10,12H,8-9,15H2,1-2H3/t12?,14-/m0/s1. The SMILES string of the molecule is CC(C)C[C@]1(N)OC1C(=O)OCc1ccccc1. The maximum atomic E-state index is 11.7. The van der Waals surface area contributed by atoms with Crippen LogP contribution in [0.25, 0.3) is 0 Å². The number of nitrogens with two attached hydrogens (primary N) is 1. The number of hydrogen-bond donors (Lipinski definition) is 1. The van der Waals surface area contributed by atoms with Crippen molar-refractivity contribution < 1.29 is 14.3 Å². The van der Waals surface area contributed by atoms with Crippen molar-refractivity contribution in [1.82, 2.24) is 0 Å². The highest BCUT2D eigenvalue weighted by atomic mass is 16.7. The van der Waals surface area contributed by atoms with Crippen molar-refractivity contribution in [3.63, 3.8) is 0 Å². The van der Waals surface area contributed by atoms with Crippen LogP contribution < -0.4 is 5.73 Å². The van der Waals surface area contributed by atoms with Crippen molar-refractivity contribution in [1.29, 1.82) is 0 Å². The summed E-state index contributed by atoms with van der Waals surface area (Å²) in [5.74, 6) is 0.0175. The van der Waals surface area contributed by atoms with Crippen LogP contribution in [-0.4, -0.2) is 17.8 Å². The van der Waals surface area contributed by atoms with Crippen molar-refractivity contribution in [3.8, 4) is 0 Å². The molecular weight excluding hydrogens is 230 g/mol. The molecule has 2 atom stereocenters. The number of carbonyl (C=O) groups excluding carboxylic acids is 1. The monoisotopic (exact) mass is 249 g/mol. The molecule has 1 saturated heterocycles. The van der Waals surface area contributed by atoms with Gasteiger partial charge in [-0.25, -0.2) is 4.79 Å². The van der Waals surface area contributed by atoms with Crippen LogP contribution in [0.15, 0.2) is 30.3 Å². The highest BCUT2D eigenvalue weighted by Gasteiger charge is 2.59. The Labute approximate surface area is 107 Å². The van der Waals surface area contributed by atoms with Crippen LogP contribution in [-0.2, 0) is 20.9 Å². The molecule has 4 nitrogen and oxygen atoms in total. The maximum Gasteiger partial charge on any atom is 0.340 e. The molecule has 0 saturated carbocycles. The summed E-state index contributed by atoms with van der Waals surface area (Å²) >= 11 is 0. The number of ether oxygens (including phenoxy) is 2. The van der Waals surface area contributed by atoms with Crippen LogP contribution in [0, 0.1) is 5.92 Å². The first kappa shape index (κ1) is 13.1. The van der Waals surface area contributed by atoms with Gasteiger partial charge in [0.25, 0.3) is 0 Å². The Morgan fingerprint density at radius 2 is 2.11 bits per heavy atom. The highest BCUT2D eigenvalue weighted by Crippen LogP contribution is 2.37. The van der Waals surface area contributed by atoms with Gasteiger partial charge in [0, 0.05) is 0 Å². The van der Waals surface area contributed by atoms with Gasteiger partial charge in [0.15, 0.2) is 11.8 Å². The molecule has 0 radical (unpaired) electrons. The Hall–Kier alpha value is -1.39. The number of esters is 1. The minimum Gasteiger partial charge on any atom is -0.459 e. The zero-order valence-corrected chi connectivity index (χ0v) is 10.8. The summed E-state index contributed by atoms with van der Waals surface area (Å²) < 4.78 is 10.5.